The third-order valence-corrected chi connectivity index (χ3v) is 8.88. The fourth-order valence-corrected chi connectivity index (χ4v) is 6.49. The first-order chi connectivity index (χ1) is 21.1. The van der Waals surface area contributed by atoms with E-state index >= 15 is 0 Å². The molecule has 12 heteroatoms. The Balaban J connectivity index is 1.37. The van der Waals surface area contributed by atoms with Crippen LogP contribution in [0.25, 0.3) is 22.3 Å². The van der Waals surface area contributed by atoms with E-state index in [1.165, 1.54) is 35.6 Å². The quantitative estimate of drug-likeness (QED) is 0.276. The summed E-state index contributed by atoms with van der Waals surface area (Å²) in [6.07, 6.45) is 0.852. The largest absolute Gasteiger partial charge is 0.457 e. The summed E-state index contributed by atoms with van der Waals surface area (Å²) in [5.41, 5.74) is 2.30. The monoisotopic (exact) mass is 624 g/mol. The second-order valence-electron chi connectivity index (χ2n) is 10.9. The number of furan rings is 1. The number of anilines is 1. The van der Waals surface area contributed by atoms with Gasteiger partial charge in [-0.05, 0) is 67.9 Å². The van der Waals surface area contributed by atoms with Crippen molar-refractivity contribution in [1.82, 2.24) is 5.32 Å². The van der Waals surface area contributed by atoms with Crippen molar-refractivity contribution in [2.75, 3.05) is 44.0 Å². The zero-order valence-corrected chi connectivity index (χ0v) is 25.4. The molecule has 1 amide bonds. The Morgan fingerprint density at radius 1 is 1.09 bits per heavy atom. The van der Waals surface area contributed by atoms with Crippen LogP contribution >= 0.6 is 0 Å². The van der Waals surface area contributed by atoms with E-state index in [4.69, 9.17) is 23.4 Å². The van der Waals surface area contributed by atoms with Gasteiger partial charge in [0.05, 0.1) is 49.5 Å². The first kappa shape index (κ1) is 30.1. The van der Waals surface area contributed by atoms with Crippen LogP contribution in [0.3, 0.4) is 0 Å². The summed E-state index contributed by atoms with van der Waals surface area (Å²) in [5, 5.41) is 3.21. The van der Waals surface area contributed by atoms with Crippen LogP contribution in [0.4, 0.5) is 10.1 Å². The van der Waals surface area contributed by atoms with Gasteiger partial charge in [-0.3, -0.25) is 9.10 Å². The number of rotatable bonds is 8. The van der Waals surface area contributed by atoms with Gasteiger partial charge in [-0.2, -0.15) is 0 Å². The molecule has 3 atom stereocenters. The molecule has 6 rings (SSSR count). The van der Waals surface area contributed by atoms with Gasteiger partial charge in [-0.15, -0.1) is 0 Å². The molecule has 0 radical (unpaired) electrons. The van der Waals surface area contributed by atoms with Crippen molar-refractivity contribution in [3.8, 4) is 22.8 Å². The van der Waals surface area contributed by atoms with Gasteiger partial charge in [0, 0.05) is 36.2 Å². The Bertz CT molecular complexity index is 1770. The number of ether oxygens (including phenoxy) is 4. The summed E-state index contributed by atoms with van der Waals surface area (Å²) >= 11 is 0. The lowest BCUT2D eigenvalue weighted by Gasteiger charge is -2.25. The molecule has 1 aromatic heterocycles. The van der Waals surface area contributed by atoms with Crippen molar-refractivity contribution in [2.45, 2.75) is 31.7 Å². The lowest BCUT2D eigenvalue weighted by atomic mass is 10.0. The maximum atomic E-state index is 13.3. The first-order valence-electron chi connectivity index (χ1n) is 14.3. The van der Waals surface area contributed by atoms with E-state index < -0.39 is 22.2 Å². The van der Waals surface area contributed by atoms with E-state index in [-0.39, 0.29) is 31.0 Å². The number of sulfonamides is 1. The molecule has 0 spiro atoms. The van der Waals surface area contributed by atoms with E-state index in [0.717, 1.165) is 12.7 Å². The van der Waals surface area contributed by atoms with Crippen LogP contribution in [0.2, 0.25) is 0 Å². The average molecular weight is 625 g/mol. The summed E-state index contributed by atoms with van der Waals surface area (Å²) in [7, 11) is -2.18. The molecule has 0 unspecified atom stereocenters. The highest BCUT2D eigenvalue weighted by Gasteiger charge is 2.34. The minimum atomic E-state index is -3.72. The Kier molecular flexibility index (Phi) is 8.34. The van der Waals surface area contributed by atoms with Gasteiger partial charge in [0.1, 0.15) is 34.8 Å². The Labute approximate surface area is 254 Å². The van der Waals surface area contributed by atoms with Gasteiger partial charge in [-0.1, -0.05) is 0 Å². The summed E-state index contributed by atoms with van der Waals surface area (Å²) < 4.78 is 70.5. The maximum absolute atomic E-state index is 13.3. The zero-order valence-electron chi connectivity index (χ0n) is 24.5. The van der Waals surface area contributed by atoms with Gasteiger partial charge in [0.15, 0.2) is 0 Å². The second kappa shape index (κ2) is 12.2. The number of hydrogen-bond acceptors (Lipinski definition) is 8. The van der Waals surface area contributed by atoms with Crippen molar-refractivity contribution in [3.63, 3.8) is 0 Å². The molecule has 10 nitrogen and oxygen atoms in total. The molecular weight excluding hydrogens is 591 g/mol. The van der Waals surface area contributed by atoms with Crippen molar-refractivity contribution in [3.05, 3.63) is 77.6 Å². The van der Waals surface area contributed by atoms with Crippen LogP contribution < -0.4 is 14.4 Å². The highest BCUT2D eigenvalue weighted by molar-refractivity contribution is 7.92. The minimum absolute atomic E-state index is 0.0503. The number of nitrogens with one attached hydrogen (secondary N) is 1. The van der Waals surface area contributed by atoms with Crippen LogP contribution in [-0.4, -0.2) is 66.2 Å². The minimum Gasteiger partial charge on any atom is -0.457 e. The predicted molar refractivity (Wildman–Crippen MR) is 162 cm³/mol. The molecule has 0 saturated carbocycles. The van der Waals surface area contributed by atoms with Gasteiger partial charge in [0.2, 0.25) is 10.0 Å². The van der Waals surface area contributed by atoms with Gasteiger partial charge in [0.25, 0.3) is 5.91 Å². The molecular formula is C32H33FN2O8S. The molecule has 0 aliphatic carbocycles. The second-order valence-corrected chi connectivity index (χ2v) is 12.8. The first-order valence-corrected chi connectivity index (χ1v) is 16.1. The molecule has 1 fully saturated rings. The number of carbonyl (C=O) groups excluding carboxylic acids is 1. The van der Waals surface area contributed by atoms with E-state index in [0.29, 0.717) is 63.8 Å². The van der Waals surface area contributed by atoms with Crippen LogP contribution in [0.15, 0.2) is 65.1 Å². The number of benzene rings is 3. The highest BCUT2D eigenvalue weighted by atomic mass is 32.2. The van der Waals surface area contributed by atoms with Gasteiger partial charge >= 0.3 is 0 Å². The van der Waals surface area contributed by atoms with Crippen LogP contribution in [0.1, 0.15) is 35.4 Å². The lowest BCUT2D eigenvalue weighted by molar-refractivity contribution is -0.0645. The number of amides is 1. The molecule has 2 aliphatic heterocycles. The Hall–Kier alpha value is -3.97. The average Bonchev–Trinajstić information content (AvgIpc) is 3.63. The van der Waals surface area contributed by atoms with Crippen molar-refractivity contribution < 1.29 is 41.0 Å². The maximum Gasteiger partial charge on any atom is 0.255 e. The van der Waals surface area contributed by atoms with Crippen molar-refractivity contribution in [1.29, 1.82) is 0 Å². The molecule has 1 N–H and O–H groups in total. The fraction of sp³-hybridized carbons (Fsp3) is 0.344. The SMILES string of the molecule is CNC(=O)c1c(-c2ccc(Oc3ccc(F)cc3)cc2)oc2cc3c(cc12)[C@H](C)O[C@H](CO[C@@H]1CCOC1)CN3S(C)(=O)=O. The number of nitrogens with zero attached hydrogens (tertiary/aromatic N) is 1. The lowest BCUT2D eigenvalue weighted by Crippen LogP contribution is -2.39. The number of carbonyl (C=O) groups is 1. The standard InChI is InChI=1S/C32H33FN2O8S/c1-19-26-14-27-29(15-28(26)35(44(3,37)38)16-25(41-19)18-40-24-12-13-39-17-24)43-31(30(27)32(36)34-2)20-4-8-22(9-5-20)42-23-10-6-21(33)7-11-23/h4-11,14-15,19,24-25H,12-13,16-18H2,1-3H3,(H,34,36)/t19-,24+,25-/m0/s1. The van der Waals surface area contributed by atoms with Crippen LogP contribution in [0, 0.1) is 5.82 Å². The third-order valence-electron chi connectivity index (χ3n) is 7.74. The van der Waals surface area contributed by atoms with Crippen LogP contribution in [0.5, 0.6) is 11.5 Å². The zero-order chi connectivity index (χ0) is 31.0. The molecule has 3 heterocycles. The molecule has 0 bridgehead atoms. The predicted octanol–water partition coefficient (Wildman–Crippen LogP) is 5.42. The summed E-state index contributed by atoms with van der Waals surface area (Å²) in [6, 6.07) is 16.0. The van der Waals surface area contributed by atoms with E-state index in [2.05, 4.69) is 5.32 Å². The number of fused-ring (bicyclic) bond motifs is 2. The topological polar surface area (TPSA) is 117 Å². The number of hydrogen-bond donors (Lipinski definition) is 1. The summed E-state index contributed by atoms with van der Waals surface area (Å²) in [6.45, 7) is 3.26. The normalized spacial score (nSPS) is 20.4. The Morgan fingerprint density at radius 3 is 2.43 bits per heavy atom. The van der Waals surface area contributed by atoms with Gasteiger partial charge in [-0.25, -0.2) is 12.8 Å². The van der Waals surface area contributed by atoms with Crippen molar-refractivity contribution >= 4 is 32.6 Å². The third kappa shape index (κ3) is 6.16. The van der Waals surface area contributed by atoms with E-state index in [1.807, 2.05) is 6.92 Å². The summed E-state index contributed by atoms with van der Waals surface area (Å²) in [5.74, 6) is 0.581. The van der Waals surface area contributed by atoms with Gasteiger partial charge < -0.3 is 28.7 Å². The molecule has 232 valence electrons. The molecule has 44 heavy (non-hydrogen) atoms. The highest BCUT2D eigenvalue weighted by Crippen LogP contribution is 2.42. The number of halogens is 1. The fourth-order valence-electron chi connectivity index (χ4n) is 5.54. The molecule has 2 aliphatic rings. The van der Waals surface area contributed by atoms with E-state index in [9.17, 15) is 17.6 Å². The molecule has 3 aromatic carbocycles. The van der Waals surface area contributed by atoms with E-state index in [1.54, 1.807) is 36.4 Å². The smallest absolute Gasteiger partial charge is 0.255 e. The van der Waals surface area contributed by atoms with Crippen LogP contribution in [-0.2, 0) is 24.2 Å². The molecule has 4 aromatic rings. The Morgan fingerprint density at radius 2 is 1.80 bits per heavy atom. The summed E-state index contributed by atoms with van der Waals surface area (Å²) in [4.78, 5) is 13.2. The van der Waals surface area contributed by atoms with Crippen molar-refractivity contribution in [2.24, 2.45) is 0 Å². The molecule has 1 saturated heterocycles.